The molecule has 5 nitrogen and oxygen atoms in total. The van der Waals surface area contributed by atoms with E-state index in [1.165, 1.54) is 18.2 Å². The Balaban J connectivity index is 1.83. The minimum absolute atomic E-state index is 0.113. The zero-order valence-electron chi connectivity index (χ0n) is 16.3. The number of hydrogen-bond acceptors (Lipinski definition) is 3. The van der Waals surface area contributed by atoms with Crippen molar-refractivity contribution in [2.24, 2.45) is 7.05 Å². The fourth-order valence-electron chi connectivity index (χ4n) is 3.31. The van der Waals surface area contributed by atoms with E-state index < -0.39 is 31.7 Å². The lowest BCUT2D eigenvalue weighted by molar-refractivity contribution is -0.137. The molecule has 3 aromatic carbocycles. The summed E-state index contributed by atoms with van der Waals surface area (Å²) in [6.45, 7) is 0. The molecule has 11 heteroatoms. The molecule has 0 saturated carbocycles. The second-order valence-corrected chi connectivity index (χ2v) is 9.45. The van der Waals surface area contributed by atoms with Crippen LogP contribution in [0.25, 0.3) is 22.2 Å². The van der Waals surface area contributed by atoms with Crippen LogP contribution in [0.4, 0.5) is 18.9 Å². The number of benzene rings is 3. The lowest BCUT2D eigenvalue weighted by Crippen LogP contribution is -2.15. The molecule has 0 fully saturated rings. The maximum atomic E-state index is 13.2. The van der Waals surface area contributed by atoms with Gasteiger partial charge < -0.3 is 0 Å². The van der Waals surface area contributed by atoms with Crippen LogP contribution in [-0.4, -0.2) is 18.2 Å². The van der Waals surface area contributed by atoms with Crippen molar-refractivity contribution in [3.05, 3.63) is 76.3 Å². The van der Waals surface area contributed by atoms with Gasteiger partial charge in [-0.05, 0) is 42.5 Å². The van der Waals surface area contributed by atoms with Crippen LogP contribution in [0.3, 0.4) is 0 Å². The van der Waals surface area contributed by atoms with E-state index in [4.69, 9.17) is 23.2 Å². The number of fused-ring (bicyclic) bond motifs is 1. The Morgan fingerprint density at radius 1 is 1.00 bits per heavy atom. The van der Waals surface area contributed by atoms with E-state index in [-0.39, 0.29) is 5.69 Å². The Hall–Kier alpha value is -2.75. The summed E-state index contributed by atoms with van der Waals surface area (Å²) in [7, 11) is -2.65. The third kappa shape index (κ3) is 4.15. The van der Waals surface area contributed by atoms with Gasteiger partial charge in [-0.25, -0.2) is 8.42 Å². The Labute approximate surface area is 191 Å². The summed E-state index contributed by atoms with van der Waals surface area (Å²) in [5.41, 5.74) is 0.526. The van der Waals surface area contributed by atoms with E-state index in [0.29, 0.717) is 22.3 Å². The van der Waals surface area contributed by atoms with Gasteiger partial charge in [0.25, 0.3) is 10.0 Å². The molecule has 0 bridgehead atoms. The number of sulfonamides is 1. The van der Waals surface area contributed by atoms with Gasteiger partial charge in [0.1, 0.15) is 5.69 Å². The molecule has 0 aliphatic rings. The monoisotopic (exact) mass is 499 g/mol. The van der Waals surface area contributed by atoms with Crippen LogP contribution in [0.1, 0.15) is 5.56 Å². The van der Waals surface area contributed by atoms with Crippen molar-refractivity contribution in [1.82, 2.24) is 9.78 Å². The van der Waals surface area contributed by atoms with Crippen molar-refractivity contribution in [3.63, 3.8) is 0 Å². The molecule has 0 aliphatic heterocycles. The highest BCUT2D eigenvalue weighted by molar-refractivity contribution is 7.92. The van der Waals surface area contributed by atoms with Gasteiger partial charge in [-0.2, -0.15) is 18.3 Å². The summed E-state index contributed by atoms with van der Waals surface area (Å²) in [6, 6.07) is 14.2. The van der Waals surface area contributed by atoms with Gasteiger partial charge in [0.2, 0.25) is 0 Å². The summed E-state index contributed by atoms with van der Waals surface area (Å²) in [5.74, 6) is 0. The van der Waals surface area contributed by atoms with Crippen LogP contribution in [-0.2, 0) is 23.2 Å². The first-order valence-corrected chi connectivity index (χ1v) is 11.3. The number of rotatable bonds is 4. The number of halogens is 5. The predicted molar refractivity (Wildman–Crippen MR) is 118 cm³/mol. The van der Waals surface area contributed by atoms with Crippen molar-refractivity contribution in [1.29, 1.82) is 0 Å². The van der Waals surface area contributed by atoms with Gasteiger partial charge >= 0.3 is 6.18 Å². The van der Waals surface area contributed by atoms with Crippen LogP contribution in [0, 0.1) is 0 Å². The molecule has 1 N–H and O–H groups in total. The highest BCUT2D eigenvalue weighted by atomic mass is 35.5. The standard InChI is InChI=1S/C21H14Cl2F3N3O2S/c1-29-19-5-3-2-4-14(19)20(27-29)15-10-12(22)6-9-18(15)28-32(30,31)13-7-8-17(23)16(11-13)21(24,25)26/h2-11,28H,1H3. The largest absolute Gasteiger partial charge is 0.417 e. The summed E-state index contributed by atoms with van der Waals surface area (Å²) >= 11 is 11.8. The highest BCUT2D eigenvalue weighted by Gasteiger charge is 2.34. The van der Waals surface area contributed by atoms with E-state index in [2.05, 4.69) is 9.82 Å². The number of anilines is 1. The Morgan fingerprint density at radius 2 is 1.72 bits per heavy atom. The minimum atomic E-state index is -4.80. The zero-order chi connectivity index (χ0) is 23.3. The Morgan fingerprint density at radius 3 is 2.44 bits per heavy atom. The first-order chi connectivity index (χ1) is 15.0. The number of para-hydroxylation sites is 1. The van der Waals surface area contributed by atoms with Crippen LogP contribution in [0.2, 0.25) is 10.0 Å². The van der Waals surface area contributed by atoms with Gasteiger partial charge in [-0.1, -0.05) is 41.4 Å². The number of alkyl halides is 3. The second kappa shape index (κ2) is 7.99. The normalized spacial score (nSPS) is 12.3. The Kier molecular flexibility index (Phi) is 5.60. The molecule has 0 radical (unpaired) electrons. The van der Waals surface area contributed by atoms with Crippen molar-refractivity contribution >= 4 is 49.8 Å². The van der Waals surface area contributed by atoms with Gasteiger partial charge in [0.05, 0.1) is 26.7 Å². The summed E-state index contributed by atoms with van der Waals surface area (Å²) in [4.78, 5) is -0.582. The molecule has 4 aromatic rings. The molecule has 0 aliphatic carbocycles. The van der Waals surface area contributed by atoms with E-state index in [9.17, 15) is 21.6 Å². The molecule has 0 amide bonds. The van der Waals surface area contributed by atoms with Crippen LogP contribution >= 0.6 is 23.2 Å². The lowest BCUT2D eigenvalue weighted by atomic mass is 10.1. The molecule has 0 atom stereocenters. The lowest BCUT2D eigenvalue weighted by Gasteiger charge is -2.14. The van der Waals surface area contributed by atoms with Crippen molar-refractivity contribution in [2.45, 2.75) is 11.1 Å². The highest BCUT2D eigenvalue weighted by Crippen LogP contribution is 2.38. The van der Waals surface area contributed by atoms with E-state index in [1.54, 1.807) is 11.7 Å². The number of aromatic nitrogens is 2. The molecule has 0 saturated heterocycles. The summed E-state index contributed by atoms with van der Waals surface area (Å²) in [5, 5.41) is 4.98. The first kappa shape index (κ1) is 22.4. The average molecular weight is 500 g/mol. The van der Waals surface area contributed by atoms with Crippen molar-refractivity contribution < 1.29 is 21.6 Å². The van der Waals surface area contributed by atoms with Gasteiger partial charge in [0.15, 0.2) is 0 Å². The molecule has 0 unspecified atom stereocenters. The molecule has 1 aromatic heterocycles. The number of aryl methyl sites for hydroxylation is 1. The molecule has 4 rings (SSSR count). The zero-order valence-corrected chi connectivity index (χ0v) is 18.6. The first-order valence-electron chi connectivity index (χ1n) is 9.08. The summed E-state index contributed by atoms with van der Waals surface area (Å²) in [6.07, 6.45) is -4.80. The smallest absolute Gasteiger partial charge is 0.279 e. The molecule has 166 valence electrons. The van der Waals surface area contributed by atoms with E-state index >= 15 is 0 Å². The number of nitrogens with one attached hydrogen (secondary N) is 1. The van der Waals surface area contributed by atoms with Gasteiger partial charge in [0, 0.05) is 23.0 Å². The van der Waals surface area contributed by atoms with E-state index in [1.807, 2.05) is 24.3 Å². The predicted octanol–water partition coefficient (Wildman–Crippen LogP) is 6.37. The fraction of sp³-hybridized carbons (Fsp3) is 0.0952. The maximum absolute atomic E-state index is 13.2. The Bertz CT molecular complexity index is 1450. The SMILES string of the molecule is Cn1nc(-c2cc(Cl)ccc2NS(=O)(=O)c2ccc(Cl)c(C(F)(F)F)c2)c2ccccc21. The van der Waals surface area contributed by atoms with Crippen LogP contribution < -0.4 is 4.72 Å². The van der Waals surface area contributed by atoms with Crippen LogP contribution in [0.5, 0.6) is 0 Å². The summed E-state index contributed by atoms with van der Waals surface area (Å²) < 4.78 is 69.5. The van der Waals surface area contributed by atoms with Gasteiger partial charge in [-0.15, -0.1) is 0 Å². The minimum Gasteiger partial charge on any atom is -0.279 e. The quantitative estimate of drug-likeness (QED) is 0.355. The topological polar surface area (TPSA) is 64.0 Å². The van der Waals surface area contributed by atoms with Crippen molar-refractivity contribution in [3.8, 4) is 11.3 Å². The number of hydrogen-bond donors (Lipinski definition) is 1. The fourth-order valence-corrected chi connectivity index (χ4v) is 4.81. The molecule has 0 spiro atoms. The second-order valence-electron chi connectivity index (χ2n) is 6.92. The average Bonchev–Trinajstić information content (AvgIpc) is 3.05. The molecule has 1 heterocycles. The molecule has 32 heavy (non-hydrogen) atoms. The van der Waals surface area contributed by atoms with Gasteiger partial charge in [-0.3, -0.25) is 9.40 Å². The molecular weight excluding hydrogens is 486 g/mol. The molecular formula is C21H14Cl2F3N3O2S. The van der Waals surface area contributed by atoms with Crippen LogP contribution in [0.15, 0.2) is 65.6 Å². The van der Waals surface area contributed by atoms with Crippen molar-refractivity contribution in [2.75, 3.05) is 4.72 Å². The number of nitrogens with zero attached hydrogens (tertiary/aromatic N) is 2. The maximum Gasteiger partial charge on any atom is 0.417 e. The van der Waals surface area contributed by atoms with E-state index in [0.717, 1.165) is 23.0 Å². The third-order valence-corrected chi connectivity index (χ3v) is 6.72. The third-order valence-electron chi connectivity index (χ3n) is 4.79.